The summed E-state index contributed by atoms with van der Waals surface area (Å²) in [6.45, 7) is 5.88. The Balaban J connectivity index is 3.49. The average molecular weight is 187 g/mol. The molecule has 13 heavy (non-hydrogen) atoms. The smallest absolute Gasteiger partial charge is 0.320 e. The number of carbonyl (C=O) groups is 1. The van der Waals surface area contributed by atoms with Crippen LogP contribution in [0.5, 0.6) is 0 Å². The Bertz CT molecular complexity index is 148. The Morgan fingerprint density at radius 3 is 2.46 bits per heavy atom. The number of unbranched alkanes of at least 4 members (excludes halogenated alkanes) is 2. The first-order chi connectivity index (χ1) is 6.07. The molecule has 0 aliphatic rings. The third-order valence-electron chi connectivity index (χ3n) is 2.15. The minimum atomic E-state index is -0.776. The number of hydrogen-bond acceptors (Lipinski definition) is 2. The molecule has 0 saturated carbocycles. The molecule has 0 bridgehead atoms. The van der Waals surface area contributed by atoms with Crippen LogP contribution in [0.1, 0.15) is 46.5 Å². The number of rotatable bonds is 7. The van der Waals surface area contributed by atoms with Gasteiger partial charge in [-0.3, -0.25) is 4.79 Å². The highest BCUT2D eigenvalue weighted by Crippen LogP contribution is 2.03. The van der Waals surface area contributed by atoms with Crippen molar-refractivity contribution in [3.8, 4) is 0 Å². The van der Waals surface area contributed by atoms with Gasteiger partial charge in [-0.05, 0) is 20.3 Å². The van der Waals surface area contributed by atoms with Crippen molar-refractivity contribution >= 4 is 5.97 Å². The quantitative estimate of drug-likeness (QED) is 0.599. The van der Waals surface area contributed by atoms with Crippen LogP contribution in [-0.4, -0.2) is 23.2 Å². The van der Waals surface area contributed by atoms with Crippen LogP contribution in [0, 0.1) is 0 Å². The Morgan fingerprint density at radius 2 is 2.00 bits per heavy atom. The summed E-state index contributed by atoms with van der Waals surface area (Å²) < 4.78 is 0. The lowest BCUT2D eigenvalue weighted by Gasteiger charge is -2.16. The van der Waals surface area contributed by atoms with E-state index in [1.807, 2.05) is 6.92 Å². The molecule has 2 unspecified atom stereocenters. The molecule has 0 aromatic heterocycles. The van der Waals surface area contributed by atoms with Crippen molar-refractivity contribution in [3.63, 3.8) is 0 Å². The maximum absolute atomic E-state index is 10.5. The Labute approximate surface area is 80.5 Å². The van der Waals surface area contributed by atoms with Crippen molar-refractivity contribution in [1.29, 1.82) is 0 Å². The molecule has 0 aliphatic carbocycles. The maximum Gasteiger partial charge on any atom is 0.320 e. The second-order valence-electron chi connectivity index (χ2n) is 3.62. The highest BCUT2D eigenvalue weighted by Gasteiger charge is 2.12. The van der Waals surface area contributed by atoms with E-state index in [1.165, 1.54) is 19.3 Å². The van der Waals surface area contributed by atoms with Crippen LogP contribution in [0.3, 0.4) is 0 Å². The standard InChI is InChI=1S/C10H21NO2/c1-4-5-6-7-8(2)11-9(3)10(12)13/h8-9,11H,4-7H2,1-3H3,(H,12,13). The monoisotopic (exact) mass is 187 g/mol. The van der Waals surface area contributed by atoms with Gasteiger partial charge in [0.25, 0.3) is 0 Å². The van der Waals surface area contributed by atoms with Gasteiger partial charge in [0.15, 0.2) is 0 Å². The van der Waals surface area contributed by atoms with E-state index in [0.29, 0.717) is 6.04 Å². The minimum absolute atomic E-state index is 0.303. The Hall–Kier alpha value is -0.570. The van der Waals surface area contributed by atoms with Gasteiger partial charge in [0.05, 0.1) is 0 Å². The topological polar surface area (TPSA) is 49.3 Å². The third-order valence-corrected chi connectivity index (χ3v) is 2.15. The first-order valence-electron chi connectivity index (χ1n) is 5.06. The van der Waals surface area contributed by atoms with E-state index in [9.17, 15) is 4.79 Å². The molecule has 0 spiro atoms. The highest BCUT2D eigenvalue weighted by atomic mass is 16.4. The van der Waals surface area contributed by atoms with Gasteiger partial charge in [0, 0.05) is 6.04 Å². The Kier molecular flexibility index (Phi) is 6.59. The molecular weight excluding hydrogens is 166 g/mol. The minimum Gasteiger partial charge on any atom is -0.480 e. The molecule has 0 fully saturated rings. The molecule has 0 heterocycles. The molecule has 0 rings (SSSR count). The number of carboxylic acids is 1. The molecule has 0 saturated heterocycles. The van der Waals surface area contributed by atoms with E-state index in [4.69, 9.17) is 5.11 Å². The number of aliphatic carboxylic acids is 1. The predicted molar refractivity (Wildman–Crippen MR) is 53.8 cm³/mol. The molecular formula is C10H21NO2. The van der Waals surface area contributed by atoms with Gasteiger partial charge in [0.2, 0.25) is 0 Å². The summed E-state index contributed by atoms with van der Waals surface area (Å²) in [6, 6.07) is -0.130. The van der Waals surface area contributed by atoms with Crippen LogP contribution < -0.4 is 5.32 Å². The fourth-order valence-electron chi connectivity index (χ4n) is 1.28. The van der Waals surface area contributed by atoms with E-state index in [2.05, 4.69) is 12.2 Å². The van der Waals surface area contributed by atoms with E-state index < -0.39 is 12.0 Å². The molecule has 2 N–H and O–H groups in total. The maximum atomic E-state index is 10.5. The fourth-order valence-corrected chi connectivity index (χ4v) is 1.28. The van der Waals surface area contributed by atoms with Crippen molar-refractivity contribution in [2.75, 3.05) is 0 Å². The summed E-state index contributed by atoms with van der Waals surface area (Å²) in [6.07, 6.45) is 4.68. The average Bonchev–Trinajstić information content (AvgIpc) is 2.04. The number of hydrogen-bond donors (Lipinski definition) is 2. The number of carboxylic acid groups (broad SMARTS) is 1. The van der Waals surface area contributed by atoms with E-state index >= 15 is 0 Å². The van der Waals surface area contributed by atoms with Crippen LogP contribution in [0.4, 0.5) is 0 Å². The van der Waals surface area contributed by atoms with Gasteiger partial charge in [-0.1, -0.05) is 26.2 Å². The summed E-state index contributed by atoms with van der Waals surface area (Å²) in [5, 5.41) is 11.7. The number of nitrogens with one attached hydrogen (secondary N) is 1. The molecule has 3 nitrogen and oxygen atoms in total. The normalized spacial score (nSPS) is 15.3. The predicted octanol–water partition coefficient (Wildman–Crippen LogP) is 2.02. The van der Waals surface area contributed by atoms with Crippen LogP contribution in [-0.2, 0) is 4.79 Å². The summed E-state index contributed by atoms with van der Waals surface area (Å²) >= 11 is 0. The lowest BCUT2D eigenvalue weighted by molar-refractivity contribution is -0.139. The largest absolute Gasteiger partial charge is 0.480 e. The van der Waals surface area contributed by atoms with Crippen molar-refractivity contribution in [2.45, 2.75) is 58.5 Å². The summed E-state index contributed by atoms with van der Waals surface area (Å²) in [5.74, 6) is -0.776. The second-order valence-corrected chi connectivity index (χ2v) is 3.62. The van der Waals surface area contributed by atoms with E-state index in [1.54, 1.807) is 6.92 Å². The zero-order chi connectivity index (χ0) is 10.3. The van der Waals surface area contributed by atoms with Gasteiger partial charge in [0.1, 0.15) is 6.04 Å². The zero-order valence-corrected chi connectivity index (χ0v) is 8.84. The molecule has 0 aromatic carbocycles. The first-order valence-corrected chi connectivity index (χ1v) is 5.06. The van der Waals surface area contributed by atoms with Crippen molar-refractivity contribution in [1.82, 2.24) is 5.32 Å². The lowest BCUT2D eigenvalue weighted by Crippen LogP contribution is -2.39. The molecule has 2 atom stereocenters. The van der Waals surface area contributed by atoms with Gasteiger partial charge in [-0.25, -0.2) is 0 Å². The molecule has 3 heteroatoms. The lowest BCUT2D eigenvalue weighted by atomic mass is 10.1. The van der Waals surface area contributed by atoms with Gasteiger partial charge < -0.3 is 10.4 Å². The SMILES string of the molecule is CCCCCC(C)NC(C)C(=O)O. The molecule has 0 aliphatic heterocycles. The van der Waals surface area contributed by atoms with Crippen LogP contribution in [0.15, 0.2) is 0 Å². The summed E-state index contributed by atoms with van der Waals surface area (Å²) in [5.41, 5.74) is 0. The van der Waals surface area contributed by atoms with Gasteiger partial charge in [-0.2, -0.15) is 0 Å². The third kappa shape index (κ3) is 6.58. The van der Waals surface area contributed by atoms with Crippen LogP contribution in [0.25, 0.3) is 0 Å². The first kappa shape index (κ1) is 12.4. The zero-order valence-electron chi connectivity index (χ0n) is 8.84. The van der Waals surface area contributed by atoms with Crippen LogP contribution in [0.2, 0.25) is 0 Å². The van der Waals surface area contributed by atoms with Crippen molar-refractivity contribution in [3.05, 3.63) is 0 Å². The van der Waals surface area contributed by atoms with Crippen LogP contribution >= 0.6 is 0 Å². The van der Waals surface area contributed by atoms with Crippen molar-refractivity contribution in [2.24, 2.45) is 0 Å². The van der Waals surface area contributed by atoms with Gasteiger partial charge >= 0.3 is 5.97 Å². The van der Waals surface area contributed by atoms with Crippen molar-refractivity contribution < 1.29 is 9.90 Å². The molecule has 0 radical (unpaired) electrons. The molecule has 78 valence electrons. The fraction of sp³-hybridized carbons (Fsp3) is 0.900. The summed E-state index contributed by atoms with van der Waals surface area (Å²) in [7, 11) is 0. The van der Waals surface area contributed by atoms with E-state index in [0.717, 1.165) is 6.42 Å². The second kappa shape index (κ2) is 6.89. The van der Waals surface area contributed by atoms with Gasteiger partial charge in [-0.15, -0.1) is 0 Å². The van der Waals surface area contributed by atoms with E-state index in [-0.39, 0.29) is 0 Å². The Morgan fingerprint density at radius 1 is 1.38 bits per heavy atom. The summed E-state index contributed by atoms with van der Waals surface area (Å²) in [4.78, 5) is 10.5. The highest BCUT2D eigenvalue weighted by molar-refractivity contribution is 5.72. The molecule has 0 amide bonds. The molecule has 0 aromatic rings.